The fourth-order valence-electron chi connectivity index (χ4n) is 3.75. The Morgan fingerprint density at radius 2 is 2.07 bits per heavy atom. The lowest BCUT2D eigenvalue weighted by atomic mass is 9.89. The average Bonchev–Trinajstić information content (AvgIpc) is 2.67. The predicted molar refractivity (Wildman–Crippen MR) is 103 cm³/mol. The van der Waals surface area contributed by atoms with Crippen molar-refractivity contribution in [3.8, 4) is 11.4 Å². The molecule has 2 atom stereocenters. The van der Waals surface area contributed by atoms with Crippen LogP contribution in [0.5, 0.6) is 0 Å². The molecule has 1 N–H and O–H groups in total. The van der Waals surface area contributed by atoms with E-state index in [1.165, 1.54) is 0 Å². The highest BCUT2D eigenvalue weighted by Crippen LogP contribution is 2.24. The molecular weight excluding hydrogens is 342 g/mol. The van der Waals surface area contributed by atoms with E-state index in [0.29, 0.717) is 36.1 Å². The normalized spacial score (nSPS) is 20.1. The number of nitrogens with zero attached hydrogens (tertiary/aromatic N) is 5. The average molecular weight is 369 g/mol. The Morgan fingerprint density at radius 3 is 2.70 bits per heavy atom. The predicted octanol–water partition coefficient (Wildman–Crippen LogP) is 1.48. The van der Waals surface area contributed by atoms with Crippen molar-refractivity contribution in [1.82, 2.24) is 24.8 Å². The number of likely N-dealkylation sites (tertiary alicyclic amines) is 1. The van der Waals surface area contributed by atoms with Crippen LogP contribution < -0.4 is 0 Å². The third-order valence-electron chi connectivity index (χ3n) is 4.92. The molecule has 1 fully saturated rings. The van der Waals surface area contributed by atoms with Crippen LogP contribution in [0.3, 0.4) is 0 Å². The van der Waals surface area contributed by atoms with Crippen molar-refractivity contribution < 1.29 is 9.90 Å². The van der Waals surface area contributed by atoms with Crippen LogP contribution in [0.2, 0.25) is 0 Å². The molecule has 0 bridgehead atoms. The maximum Gasteiger partial charge on any atom is 0.257 e. The molecule has 0 unspecified atom stereocenters. The number of aliphatic hydroxyl groups excluding tert-OH is 1. The van der Waals surface area contributed by atoms with Crippen LogP contribution in [0.1, 0.15) is 22.5 Å². The number of aromatic nitrogens is 3. The van der Waals surface area contributed by atoms with Crippen molar-refractivity contribution in [1.29, 1.82) is 0 Å². The highest BCUT2D eigenvalue weighted by Gasteiger charge is 2.31. The zero-order valence-corrected chi connectivity index (χ0v) is 16.2. The van der Waals surface area contributed by atoms with Gasteiger partial charge in [0.25, 0.3) is 5.91 Å². The topological polar surface area (TPSA) is 82.5 Å². The summed E-state index contributed by atoms with van der Waals surface area (Å²) in [6.07, 6.45) is 5.95. The van der Waals surface area contributed by atoms with Crippen LogP contribution in [0.15, 0.2) is 30.7 Å². The molecule has 0 saturated carbocycles. The number of aryl methyl sites for hydroxylation is 1. The highest BCUT2D eigenvalue weighted by atomic mass is 16.3. The summed E-state index contributed by atoms with van der Waals surface area (Å²) in [5.41, 5.74) is 2.00. The van der Waals surface area contributed by atoms with Gasteiger partial charge >= 0.3 is 0 Å². The number of pyridine rings is 1. The van der Waals surface area contributed by atoms with E-state index >= 15 is 0 Å². The van der Waals surface area contributed by atoms with Gasteiger partial charge in [0, 0.05) is 50.4 Å². The zero-order chi connectivity index (χ0) is 19.4. The third-order valence-corrected chi connectivity index (χ3v) is 4.92. The molecule has 0 radical (unpaired) electrons. The van der Waals surface area contributed by atoms with E-state index in [9.17, 15) is 9.90 Å². The molecule has 1 amide bonds. The maximum atomic E-state index is 13.1. The first kappa shape index (κ1) is 19.4. The summed E-state index contributed by atoms with van der Waals surface area (Å²) < 4.78 is 0. The van der Waals surface area contributed by atoms with Crippen LogP contribution in [-0.4, -0.2) is 76.1 Å². The minimum atomic E-state index is -0.0628. The Bertz CT molecular complexity index is 781. The molecule has 7 heteroatoms. The molecule has 3 heterocycles. The lowest BCUT2D eigenvalue weighted by Crippen LogP contribution is -2.47. The zero-order valence-electron chi connectivity index (χ0n) is 16.2. The number of piperidine rings is 1. The smallest absolute Gasteiger partial charge is 0.257 e. The van der Waals surface area contributed by atoms with E-state index in [0.717, 1.165) is 18.5 Å². The van der Waals surface area contributed by atoms with E-state index in [1.807, 2.05) is 38.1 Å². The van der Waals surface area contributed by atoms with Gasteiger partial charge in [-0.1, -0.05) is 0 Å². The van der Waals surface area contributed by atoms with Crippen LogP contribution in [-0.2, 0) is 0 Å². The second kappa shape index (κ2) is 8.54. The lowest BCUT2D eigenvalue weighted by Gasteiger charge is -2.38. The van der Waals surface area contributed by atoms with Gasteiger partial charge in [0.15, 0.2) is 5.82 Å². The second-order valence-corrected chi connectivity index (χ2v) is 7.56. The number of rotatable bonds is 5. The maximum absolute atomic E-state index is 13.1. The number of hydrogen-bond acceptors (Lipinski definition) is 6. The Balaban J connectivity index is 1.80. The molecule has 0 spiro atoms. The summed E-state index contributed by atoms with van der Waals surface area (Å²) in [6.45, 7) is 4.10. The molecule has 27 heavy (non-hydrogen) atoms. The summed E-state index contributed by atoms with van der Waals surface area (Å²) in [5.74, 6) is 0.968. The molecule has 0 aliphatic carbocycles. The summed E-state index contributed by atoms with van der Waals surface area (Å²) in [5, 5.41) is 9.65. The minimum Gasteiger partial charge on any atom is -0.396 e. The molecule has 2 aromatic rings. The summed E-state index contributed by atoms with van der Waals surface area (Å²) in [6, 6.07) is 3.73. The first-order valence-electron chi connectivity index (χ1n) is 9.26. The van der Waals surface area contributed by atoms with Crippen molar-refractivity contribution in [2.45, 2.75) is 13.3 Å². The van der Waals surface area contributed by atoms with Gasteiger partial charge in [-0.05, 0) is 51.4 Å². The van der Waals surface area contributed by atoms with Crippen molar-refractivity contribution in [3.63, 3.8) is 0 Å². The molecule has 0 aromatic carbocycles. The van der Waals surface area contributed by atoms with Crippen molar-refractivity contribution in [2.75, 3.05) is 40.3 Å². The largest absolute Gasteiger partial charge is 0.396 e. The molecule has 1 aliphatic rings. The molecule has 2 aromatic heterocycles. The van der Waals surface area contributed by atoms with E-state index in [-0.39, 0.29) is 18.4 Å². The second-order valence-electron chi connectivity index (χ2n) is 7.56. The first-order valence-corrected chi connectivity index (χ1v) is 9.26. The van der Waals surface area contributed by atoms with Crippen LogP contribution in [0, 0.1) is 18.8 Å². The quantitative estimate of drug-likeness (QED) is 0.860. The fraction of sp³-hybridized carbons (Fsp3) is 0.500. The third kappa shape index (κ3) is 4.67. The van der Waals surface area contributed by atoms with Gasteiger partial charge in [0.2, 0.25) is 0 Å². The number of amides is 1. The van der Waals surface area contributed by atoms with Crippen LogP contribution in [0.4, 0.5) is 0 Å². The number of hydrogen-bond donors (Lipinski definition) is 1. The van der Waals surface area contributed by atoms with Gasteiger partial charge in [0.1, 0.15) is 0 Å². The SMILES string of the molecule is Cc1nc(-c2cccnc2)ncc1C(=O)N1C[C@@H](CN(C)C)C[C@H](CO)C1. The van der Waals surface area contributed by atoms with Crippen LogP contribution >= 0.6 is 0 Å². The first-order chi connectivity index (χ1) is 13.0. The molecule has 3 rings (SSSR count). The fourth-order valence-corrected chi connectivity index (χ4v) is 3.75. The van der Waals surface area contributed by atoms with Crippen molar-refractivity contribution >= 4 is 5.91 Å². The van der Waals surface area contributed by atoms with Gasteiger partial charge < -0.3 is 14.9 Å². The Hall–Kier alpha value is -2.38. The number of carbonyl (C=O) groups excluding carboxylic acids is 1. The van der Waals surface area contributed by atoms with E-state index < -0.39 is 0 Å². The van der Waals surface area contributed by atoms with Gasteiger partial charge in [0.05, 0.1) is 11.3 Å². The van der Waals surface area contributed by atoms with E-state index in [1.54, 1.807) is 18.6 Å². The summed E-state index contributed by atoms with van der Waals surface area (Å²) >= 11 is 0. The van der Waals surface area contributed by atoms with Gasteiger partial charge in [-0.3, -0.25) is 9.78 Å². The number of aliphatic hydroxyl groups is 1. The Labute approximate surface area is 160 Å². The van der Waals surface area contributed by atoms with Gasteiger partial charge in [-0.2, -0.15) is 0 Å². The Kier molecular flexibility index (Phi) is 6.13. The standard InChI is InChI=1S/C20H27N5O2/c1-14-18(9-22-19(23-14)17-5-4-6-21-8-17)20(27)25-11-15(10-24(2)3)7-16(12-25)13-26/h4-6,8-9,15-16,26H,7,10-13H2,1-3H3/t15-,16+/m1/s1. The van der Waals surface area contributed by atoms with E-state index in [2.05, 4.69) is 19.9 Å². The summed E-state index contributed by atoms with van der Waals surface area (Å²) in [4.78, 5) is 30.0. The van der Waals surface area contributed by atoms with Crippen LogP contribution in [0.25, 0.3) is 11.4 Å². The summed E-state index contributed by atoms with van der Waals surface area (Å²) in [7, 11) is 4.06. The number of carbonyl (C=O) groups is 1. The molecule has 144 valence electrons. The van der Waals surface area contributed by atoms with E-state index in [4.69, 9.17) is 0 Å². The minimum absolute atomic E-state index is 0.0628. The highest BCUT2D eigenvalue weighted by molar-refractivity contribution is 5.95. The van der Waals surface area contributed by atoms with Crippen molar-refractivity contribution in [3.05, 3.63) is 42.0 Å². The molecular formula is C20H27N5O2. The Morgan fingerprint density at radius 1 is 1.30 bits per heavy atom. The molecule has 1 saturated heterocycles. The van der Waals surface area contributed by atoms with Crippen molar-refractivity contribution in [2.24, 2.45) is 11.8 Å². The lowest BCUT2D eigenvalue weighted by molar-refractivity contribution is 0.0476. The van der Waals surface area contributed by atoms with Gasteiger partial charge in [-0.25, -0.2) is 9.97 Å². The molecule has 7 nitrogen and oxygen atoms in total. The monoisotopic (exact) mass is 369 g/mol. The van der Waals surface area contributed by atoms with Gasteiger partial charge in [-0.15, -0.1) is 0 Å². The molecule has 1 aliphatic heterocycles.